The topological polar surface area (TPSA) is 206 Å². The van der Waals surface area contributed by atoms with Crippen molar-refractivity contribution in [2.45, 2.75) is 147 Å². The predicted molar refractivity (Wildman–Crippen MR) is 330 cm³/mol. The number of aryl methyl sites for hydroxylation is 1. The van der Waals surface area contributed by atoms with Gasteiger partial charge in [-0.25, -0.2) is 14.4 Å². The Labute approximate surface area is 505 Å². The predicted octanol–water partition coefficient (Wildman–Crippen LogP) is 9.05. The number of hydrogen-bond donors (Lipinski definition) is 3. The highest BCUT2D eigenvalue weighted by atomic mass is 19.1. The lowest BCUT2D eigenvalue weighted by molar-refractivity contribution is -0.136. The van der Waals surface area contributed by atoms with Gasteiger partial charge in [-0.15, -0.1) is 0 Å². The molecule has 6 aromatic rings. The van der Waals surface area contributed by atoms with E-state index >= 15 is 9.18 Å². The SMILES string of the molecule is Cc1cc(F)c(Nc2nc(-c3ccc4c(c3)N(C3CC(N5CCCCC5)C3)C(=O)C43CCN(C(=O)c4ccc(N(C)C5CCN(c6ccc7c(c6)C(=O)N(C6CCC(=O)NC6=O)C7=O)CC5)cc4)CC3)cc3ncn(C(C)C)c23)cc1C(=O)NC(C)C. The maximum absolute atomic E-state index is 16.0. The van der Waals surface area contributed by atoms with Crippen LogP contribution in [0.25, 0.3) is 22.3 Å². The second-order valence-corrected chi connectivity index (χ2v) is 25.6. The highest BCUT2D eigenvalue weighted by molar-refractivity contribution is 6.24. The van der Waals surface area contributed by atoms with E-state index in [-0.39, 0.29) is 71.5 Å². The molecule has 7 amide bonds. The monoisotopic (exact) mass is 1180 g/mol. The minimum atomic E-state index is -1.02. The third-order valence-electron chi connectivity index (χ3n) is 19.6. The quantitative estimate of drug-likeness (QED) is 0.0925. The summed E-state index contributed by atoms with van der Waals surface area (Å²) < 4.78 is 18.0. The Bertz CT molecular complexity index is 3800. The summed E-state index contributed by atoms with van der Waals surface area (Å²) in [5.41, 5.74) is 7.64. The van der Waals surface area contributed by atoms with Gasteiger partial charge in [0.05, 0.1) is 39.8 Å². The molecule has 0 bridgehead atoms. The first-order chi connectivity index (χ1) is 41.8. The van der Waals surface area contributed by atoms with E-state index in [1.807, 2.05) is 79.6 Å². The van der Waals surface area contributed by atoms with Crippen LogP contribution >= 0.6 is 0 Å². The van der Waals surface area contributed by atoms with Gasteiger partial charge in [-0.1, -0.05) is 18.6 Å². The smallest absolute Gasteiger partial charge is 0.262 e. The molecule has 13 rings (SSSR count). The average molecular weight is 1180 g/mol. The van der Waals surface area contributed by atoms with Crippen LogP contribution in [0.4, 0.5) is 33.0 Å². The van der Waals surface area contributed by atoms with Crippen molar-refractivity contribution in [3.63, 3.8) is 0 Å². The first-order valence-electron chi connectivity index (χ1n) is 31.1. The lowest BCUT2D eigenvalue weighted by Crippen LogP contribution is -2.58. The molecule has 1 aliphatic carbocycles. The summed E-state index contributed by atoms with van der Waals surface area (Å²) in [5, 5.41) is 8.46. The van der Waals surface area contributed by atoms with E-state index in [4.69, 9.17) is 9.97 Å². The van der Waals surface area contributed by atoms with Gasteiger partial charge in [0.25, 0.3) is 23.6 Å². The van der Waals surface area contributed by atoms with Gasteiger partial charge in [-0.2, -0.15) is 0 Å². The van der Waals surface area contributed by atoms with E-state index < -0.39 is 40.9 Å². The van der Waals surface area contributed by atoms with Crippen LogP contribution in [-0.4, -0.2) is 147 Å². The Morgan fingerprint density at radius 3 is 2.21 bits per heavy atom. The number of piperidine rings is 4. The third-order valence-corrected chi connectivity index (χ3v) is 19.6. The number of pyridine rings is 1. The van der Waals surface area contributed by atoms with E-state index in [1.54, 1.807) is 25.4 Å². The normalized spacial score (nSPS) is 21.5. The number of carbonyl (C=O) groups is 7. The Kier molecular flexibility index (Phi) is 15.0. The van der Waals surface area contributed by atoms with E-state index in [0.29, 0.717) is 84.3 Å². The number of nitrogens with one attached hydrogen (secondary N) is 3. The number of carbonyl (C=O) groups excluding carboxylic acids is 7. The molecule has 1 spiro atoms. The van der Waals surface area contributed by atoms with Crippen LogP contribution in [0.15, 0.2) is 85.2 Å². The number of anilines is 5. The molecule has 2 aromatic heterocycles. The summed E-state index contributed by atoms with van der Waals surface area (Å²) in [6.07, 6.45) is 9.96. The van der Waals surface area contributed by atoms with E-state index in [1.165, 1.54) is 31.4 Å². The molecular weight excluding hydrogens is 1100 g/mol. The largest absolute Gasteiger partial charge is 0.371 e. The molecule has 1 saturated carbocycles. The van der Waals surface area contributed by atoms with E-state index in [2.05, 4.69) is 54.7 Å². The van der Waals surface area contributed by atoms with Gasteiger partial charge >= 0.3 is 0 Å². The molecule has 20 heteroatoms. The van der Waals surface area contributed by atoms with Gasteiger partial charge in [0.2, 0.25) is 17.7 Å². The van der Waals surface area contributed by atoms with E-state index in [9.17, 15) is 28.8 Å². The van der Waals surface area contributed by atoms with Crippen LogP contribution in [0, 0.1) is 12.7 Å². The van der Waals surface area contributed by atoms with Crippen molar-refractivity contribution < 1.29 is 38.0 Å². The van der Waals surface area contributed by atoms with Crippen molar-refractivity contribution in [2.24, 2.45) is 0 Å². The average Bonchev–Trinajstić information content (AvgIpc) is 1.58. The molecular formula is C67H75FN12O7. The lowest BCUT2D eigenvalue weighted by Gasteiger charge is -2.48. The fourth-order valence-corrected chi connectivity index (χ4v) is 14.6. The zero-order valence-electron chi connectivity index (χ0n) is 50.3. The van der Waals surface area contributed by atoms with Crippen molar-refractivity contribution >= 4 is 81.0 Å². The number of likely N-dealkylation sites (tertiary alicyclic amines) is 2. The first-order valence-corrected chi connectivity index (χ1v) is 31.1. The highest BCUT2D eigenvalue weighted by Gasteiger charge is 2.56. The lowest BCUT2D eigenvalue weighted by atomic mass is 9.73. The van der Waals surface area contributed by atoms with Crippen LogP contribution < -0.4 is 30.7 Å². The van der Waals surface area contributed by atoms with Crippen LogP contribution in [0.3, 0.4) is 0 Å². The fraction of sp³-hybridized carbons (Fsp3) is 0.448. The summed E-state index contributed by atoms with van der Waals surface area (Å²) in [4.78, 5) is 116. The molecule has 4 saturated heterocycles. The Balaban J connectivity index is 0.708. The molecule has 0 radical (unpaired) electrons. The molecule has 3 N–H and O–H groups in total. The molecule has 452 valence electrons. The summed E-state index contributed by atoms with van der Waals surface area (Å²) >= 11 is 0. The number of rotatable bonds is 13. The molecule has 6 aliphatic heterocycles. The summed E-state index contributed by atoms with van der Waals surface area (Å²) in [7, 11) is 2.07. The number of hydrogen-bond acceptors (Lipinski definition) is 13. The molecule has 1 atom stereocenters. The summed E-state index contributed by atoms with van der Waals surface area (Å²) in [6, 6.07) is 23.6. The van der Waals surface area contributed by atoms with Gasteiger partial charge in [0.1, 0.15) is 17.4 Å². The zero-order valence-corrected chi connectivity index (χ0v) is 50.3. The Morgan fingerprint density at radius 2 is 1.51 bits per heavy atom. The molecule has 87 heavy (non-hydrogen) atoms. The van der Waals surface area contributed by atoms with Crippen LogP contribution in [0.1, 0.15) is 157 Å². The molecule has 4 aromatic carbocycles. The second kappa shape index (κ2) is 22.6. The molecule has 19 nitrogen and oxygen atoms in total. The van der Waals surface area contributed by atoms with Crippen molar-refractivity contribution in [3.8, 4) is 11.3 Å². The number of benzene rings is 4. The number of fused-ring (bicyclic) bond motifs is 4. The minimum Gasteiger partial charge on any atom is -0.371 e. The number of halogens is 1. The van der Waals surface area contributed by atoms with Crippen molar-refractivity contribution in [2.75, 3.05) is 66.3 Å². The third kappa shape index (κ3) is 10.3. The standard InChI is InChI=1S/C67H75FN12O7/c1-38(2)70-61(82)49-35-54(52(68)30-40(49)5)72-60-59-55(69-37-78(59)39(3)4)36-53(71-60)42-12-17-51-57(31-42)79(47-32-46(33-47)75-24-8-7-9-25-75)66(87)67(51)22-28-77(29-23-67)63(84)41-10-13-43(14-11-41)74(6)44-20-26-76(27-21-44)45-15-16-48-50(34-45)65(86)80(64(48)85)56-18-19-58(81)73-62(56)83/h10-17,30-31,34-39,44,46-47,56H,7-9,18-29,32-33H2,1-6H3,(H,70,82)(H,71,72)(H,73,81,83). The molecule has 1 unspecified atom stereocenters. The van der Waals surface area contributed by atoms with Crippen LogP contribution in [-0.2, 0) is 19.8 Å². The van der Waals surface area contributed by atoms with Crippen molar-refractivity contribution in [1.29, 1.82) is 0 Å². The summed E-state index contributed by atoms with van der Waals surface area (Å²) in [6.45, 7) is 14.0. The maximum atomic E-state index is 16.0. The van der Waals surface area contributed by atoms with Crippen molar-refractivity contribution in [3.05, 3.63) is 124 Å². The van der Waals surface area contributed by atoms with Crippen molar-refractivity contribution in [1.82, 2.24) is 39.9 Å². The number of aromatic nitrogens is 3. The van der Waals surface area contributed by atoms with E-state index in [0.717, 1.165) is 71.9 Å². The number of imidazole rings is 1. The maximum Gasteiger partial charge on any atom is 0.262 e. The second-order valence-electron chi connectivity index (χ2n) is 25.6. The van der Waals surface area contributed by atoms with Crippen LogP contribution in [0.2, 0.25) is 0 Å². The van der Waals surface area contributed by atoms with Gasteiger partial charge in [-0.3, -0.25) is 43.8 Å². The zero-order chi connectivity index (χ0) is 60.7. The fourth-order valence-electron chi connectivity index (χ4n) is 14.6. The minimum absolute atomic E-state index is 0.00527. The first kappa shape index (κ1) is 57.5. The Morgan fingerprint density at radius 1 is 0.782 bits per heavy atom. The Hall–Kier alpha value is -8.52. The van der Waals surface area contributed by atoms with Crippen LogP contribution in [0.5, 0.6) is 0 Å². The number of amides is 7. The summed E-state index contributed by atoms with van der Waals surface area (Å²) in [5.74, 6) is -2.51. The van der Waals surface area contributed by atoms with Gasteiger partial charge in [-0.05, 0) is 183 Å². The molecule has 5 fully saturated rings. The van der Waals surface area contributed by atoms with Gasteiger partial charge in [0.15, 0.2) is 5.82 Å². The molecule has 7 aliphatic rings. The number of nitrogens with zero attached hydrogens (tertiary/aromatic N) is 9. The van der Waals surface area contributed by atoms with Gasteiger partial charge in [0, 0.05) is 104 Å². The molecule has 8 heterocycles. The number of imide groups is 2. The highest BCUT2D eigenvalue weighted by Crippen LogP contribution is 2.52. The van der Waals surface area contributed by atoms with Gasteiger partial charge < -0.3 is 39.7 Å².